The molecule has 3 aliphatic carbocycles. The van der Waals surface area contributed by atoms with Crippen molar-refractivity contribution < 1.29 is 0 Å². The van der Waals surface area contributed by atoms with Crippen molar-refractivity contribution in [3.05, 3.63) is 45.8 Å². The lowest BCUT2D eigenvalue weighted by molar-refractivity contribution is 0.432. The predicted molar refractivity (Wildman–Crippen MR) is 75.2 cm³/mol. The zero-order valence-electron chi connectivity index (χ0n) is 9.22. The molecule has 2 bridgehead atoms. The molecule has 88 valence electrons. The highest BCUT2D eigenvalue weighted by atomic mass is 32.1. The van der Waals surface area contributed by atoms with Gasteiger partial charge in [0.15, 0.2) is 0 Å². The summed E-state index contributed by atoms with van der Waals surface area (Å²) in [6, 6.07) is 0. The first-order chi connectivity index (χ1) is 8.22. The van der Waals surface area contributed by atoms with Crippen molar-refractivity contribution in [3.63, 3.8) is 0 Å². The van der Waals surface area contributed by atoms with Crippen molar-refractivity contribution in [1.29, 1.82) is 0 Å². The van der Waals surface area contributed by atoms with Crippen LogP contribution in [0.25, 0.3) is 0 Å². The van der Waals surface area contributed by atoms with Gasteiger partial charge in [-0.25, -0.2) is 0 Å². The molecule has 4 aliphatic rings. The van der Waals surface area contributed by atoms with Crippen molar-refractivity contribution >= 4 is 25.3 Å². The van der Waals surface area contributed by atoms with Crippen LogP contribution in [0.4, 0.5) is 0 Å². The third kappa shape index (κ3) is 1.37. The lowest BCUT2D eigenvalue weighted by Gasteiger charge is -2.33. The van der Waals surface area contributed by atoms with Crippen molar-refractivity contribution in [3.8, 4) is 0 Å². The van der Waals surface area contributed by atoms with Gasteiger partial charge in [0.05, 0.1) is 21.5 Å². The van der Waals surface area contributed by atoms with Crippen molar-refractivity contribution in [2.45, 2.75) is 6.42 Å². The van der Waals surface area contributed by atoms with Gasteiger partial charge in [0, 0.05) is 0 Å². The minimum absolute atomic E-state index is 0.667. The van der Waals surface area contributed by atoms with E-state index in [4.69, 9.17) is 0 Å². The van der Waals surface area contributed by atoms with E-state index in [1.54, 1.807) is 0 Å². The maximum atomic E-state index is 4.37. The largest absolute Gasteiger partial charge is 0.347 e. The number of hydrogen-bond acceptors (Lipinski definition) is 4. The third-order valence-electron chi connectivity index (χ3n) is 4.32. The minimum atomic E-state index is 0.667. The Kier molecular flexibility index (Phi) is 2.03. The average Bonchev–Trinajstić information content (AvgIpc) is 2.89. The van der Waals surface area contributed by atoms with Crippen LogP contribution in [0, 0.1) is 23.7 Å². The van der Waals surface area contributed by atoms with E-state index >= 15 is 0 Å². The van der Waals surface area contributed by atoms with Gasteiger partial charge in [-0.05, 0) is 30.1 Å². The topological polar surface area (TPSA) is 24.1 Å². The molecule has 2 N–H and O–H groups in total. The quantitative estimate of drug-likeness (QED) is 0.398. The van der Waals surface area contributed by atoms with Crippen LogP contribution >= 0.6 is 25.3 Å². The summed E-state index contributed by atoms with van der Waals surface area (Å²) in [5.74, 6) is 2.81. The van der Waals surface area contributed by atoms with Gasteiger partial charge in [-0.2, -0.15) is 0 Å². The van der Waals surface area contributed by atoms with Gasteiger partial charge in [-0.1, -0.05) is 24.3 Å². The molecule has 0 spiro atoms. The van der Waals surface area contributed by atoms with Gasteiger partial charge in [0.2, 0.25) is 0 Å². The molecule has 1 heterocycles. The van der Waals surface area contributed by atoms with Crippen LogP contribution in [0.5, 0.6) is 0 Å². The summed E-state index contributed by atoms with van der Waals surface area (Å²) >= 11 is 8.74. The summed E-state index contributed by atoms with van der Waals surface area (Å²) < 4.78 is 0. The molecule has 4 rings (SSSR count). The molecule has 4 atom stereocenters. The van der Waals surface area contributed by atoms with Crippen LogP contribution in [0.1, 0.15) is 6.42 Å². The predicted octanol–water partition coefficient (Wildman–Crippen LogP) is 2.39. The molecule has 1 aliphatic heterocycles. The Hall–Kier alpha value is -0.740. The Morgan fingerprint density at radius 3 is 1.82 bits per heavy atom. The number of fused-ring (bicyclic) bond motifs is 6. The Balaban J connectivity index is 1.76. The summed E-state index contributed by atoms with van der Waals surface area (Å²) in [7, 11) is 0. The first kappa shape index (κ1) is 10.2. The summed E-state index contributed by atoms with van der Waals surface area (Å²) in [6.07, 6.45) is 10.8. The summed E-state index contributed by atoms with van der Waals surface area (Å²) in [6.45, 7) is 0. The Morgan fingerprint density at radius 2 is 1.35 bits per heavy atom. The molecule has 1 fully saturated rings. The van der Waals surface area contributed by atoms with E-state index in [1.807, 2.05) is 0 Å². The molecule has 1 saturated carbocycles. The number of nitrogens with one attached hydrogen (secondary N) is 2. The molecular formula is C13H14N2S2. The van der Waals surface area contributed by atoms with Crippen LogP contribution in [0.2, 0.25) is 0 Å². The standard InChI is InChI=1S/C13H14N2S2/c16-12-13(17)15-11-5-9-7-2-1-6(3-7)8(9)4-10(11)14-12/h1-2,4-9,14-17H,3H2. The van der Waals surface area contributed by atoms with Crippen molar-refractivity contribution in [2.75, 3.05) is 0 Å². The fourth-order valence-corrected chi connectivity index (χ4v) is 3.88. The molecule has 0 aromatic rings. The van der Waals surface area contributed by atoms with E-state index < -0.39 is 0 Å². The minimum Gasteiger partial charge on any atom is -0.347 e. The van der Waals surface area contributed by atoms with Gasteiger partial charge in [0.1, 0.15) is 0 Å². The van der Waals surface area contributed by atoms with E-state index in [2.05, 4.69) is 60.2 Å². The van der Waals surface area contributed by atoms with E-state index in [9.17, 15) is 0 Å². The molecule has 0 aromatic heterocycles. The van der Waals surface area contributed by atoms with E-state index in [0.29, 0.717) is 11.8 Å². The molecule has 0 amide bonds. The second-order valence-electron chi connectivity index (χ2n) is 5.21. The first-order valence-electron chi connectivity index (χ1n) is 6.01. The first-order valence-corrected chi connectivity index (χ1v) is 6.90. The van der Waals surface area contributed by atoms with Crippen LogP contribution in [-0.4, -0.2) is 0 Å². The Labute approximate surface area is 112 Å². The Bertz CT molecular complexity index is 472. The highest BCUT2D eigenvalue weighted by Crippen LogP contribution is 2.51. The maximum absolute atomic E-state index is 4.37. The lowest BCUT2D eigenvalue weighted by atomic mass is 9.79. The summed E-state index contributed by atoms with van der Waals surface area (Å²) in [5.41, 5.74) is 2.32. The number of hydrogen-bond donors (Lipinski definition) is 4. The molecule has 0 saturated heterocycles. The normalized spacial score (nSPS) is 41.3. The van der Waals surface area contributed by atoms with Crippen molar-refractivity contribution in [2.24, 2.45) is 23.7 Å². The summed E-state index contributed by atoms with van der Waals surface area (Å²) in [5, 5.41) is 8.23. The highest BCUT2D eigenvalue weighted by molar-refractivity contribution is 7.88. The zero-order chi connectivity index (χ0) is 11.6. The second-order valence-corrected chi connectivity index (χ2v) is 6.11. The van der Waals surface area contributed by atoms with Gasteiger partial charge in [-0.3, -0.25) is 0 Å². The van der Waals surface area contributed by atoms with Gasteiger partial charge >= 0.3 is 0 Å². The van der Waals surface area contributed by atoms with Gasteiger partial charge in [0.25, 0.3) is 0 Å². The average molecular weight is 262 g/mol. The van der Waals surface area contributed by atoms with Crippen molar-refractivity contribution in [1.82, 2.24) is 10.6 Å². The van der Waals surface area contributed by atoms with E-state index in [-0.39, 0.29) is 0 Å². The number of allylic oxidation sites excluding steroid dienone is 4. The molecule has 2 nitrogen and oxygen atoms in total. The van der Waals surface area contributed by atoms with Gasteiger partial charge < -0.3 is 10.6 Å². The lowest BCUT2D eigenvalue weighted by Crippen LogP contribution is -2.33. The van der Waals surface area contributed by atoms with E-state index in [0.717, 1.165) is 33.3 Å². The van der Waals surface area contributed by atoms with Crippen LogP contribution < -0.4 is 10.6 Å². The van der Waals surface area contributed by atoms with Gasteiger partial charge in [-0.15, -0.1) is 25.3 Å². The molecule has 4 unspecified atom stereocenters. The van der Waals surface area contributed by atoms with Crippen LogP contribution in [-0.2, 0) is 0 Å². The van der Waals surface area contributed by atoms with Crippen LogP contribution in [0.15, 0.2) is 45.8 Å². The SMILES string of the molecule is SC1=C(S)NC2=CC3C4C=CC(C4)C3C=C2N1. The van der Waals surface area contributed by atoms with E-state index in [1.165, 1.54) is 6.42 Å². The zero-order valence-corrected chi connectivity index (χ0v) is 11.0. The smallest absolute Gasteiger partial charge is 0.1000 e. The molecule has 0 aromatic carbocycles. The molecule has 0 radical (unpaired) electrons. The number of thiol groups is 2. The molecule has 17 heavy (non-hydrogen) atoms. The molecule has 4 heteroatoms. The monoisotopic (exact) mass is 262 g/mol. The van der Waals surface area contributed by atoms with Crippen LogP contribution in [0.3, 0.4) is 0 Å². The third-order valence-corrected chi connectivity index (χ3v) is 5.17. The maximum Gasteiger partial charge on any atom is 0.1000 e. The fourth-order valence-electron chi connectivity index (χ4n) is 3.52. The fraction of sp³-hybridized carbons (Fsp3) is 0.385. The number of rotatable bonds is 0. The summed E-state index contributed by atoms with van der Waals surface area (Å²) in [4.78, 5) is 0. The Morgan fingerprint density at radius 1 is 0.882 bits per heavy atom. The second kappa shape index (κ2) is 3.39. The highest BCUT2D eigenvalue weighted by Gasteiger charge is 2.44. The molecular weight excluding hydrogens is 248 g/mol.